The Bertz CT molecular complexity index is 1070. The standard InChI is InChI=1S/C18H15N5O5/c24-14(25)10-19-16(26)11-6-8-12(9-7-11)20-17(27)15-21-18(28)23(22-15)13-4-2-1-3-5-13/h1-9H,10H2,(H,19,26)(H,20,27)(H,24,25)(H,21,22,28). The SMILES string of the molecule is O=C(O)CNC(=O)c1ccc(NC(=O)c2nn(-c3ccccc3)c(=O)[nH]2)cc1. The second-order valence-corrected chi connectivity index (χ2v) is 5.63. The number of aromatic nitrogens is 3. The highest BCUT2D eigenvalue weighted by Crippen LogP contribution is 2.11. The van der Waals surface area contributed by atoms with Gasteiger partial charge in [0.2, 0.25) is 5.82 Å². The number of benzene rings is 2. The van der Waals surface area contributed by atoms with Gasteiger partial charge in [-0.1, -0.05) is 18.2 Å². The molecule has 1 aromatic heterocycles. The lowest BCUT2D eigenvalue weighted by Crippen LogP contribution is -2.29. The third-order valence-corrected chi connectivity index (χ3v) is 3.64. The molecule has 10 heteroatoms. The van der Waals surface area contributed by atoms with Gasteiger partial charge in [-0.3, -0.25) is 19.4 Å². The lowest BCUT2D eigenvalue weighted by Gasteiger charge is -2.05. The van der Waals surface area contributed by atoms with Crippen LogP contribution in [0.5, 0.6) is 0 Å². The van der Waals surface area contributed by atoms with E-state index in [1.54, 1.807) is 30.3 Å². The summed E-state index contributed by atoms with van der Waals surface area (Å²) >= 11 is 0. The Morgan fingerprint density at radius 1 is 1.00 bits per heavy atom. The average molecular weight is 381 g/mol. The van der Waals surface area contributed by atoms with Gasteiger partial charge in [0.15, 0.2) is 0 Å². The van der Waals surface area contributed by atoms with Gasteiger partial charge in [0.05, 0.1) is 5.69 Å². The van der Waals surface area contributed by atoms with Crippen molar-refractivity contribution in [2.24, 2.45) is 0 Å². The number of nitrogens with one attached hydrogen (secondary N) is 3. The number of aliphatic carboxylic acids is 1. The van der Waals surface area contributed by atoms with Crippen LogP contribution < -0.4 is 16.3 Å². The number of nitrogens with zero attached hydrogens (tertiary/aromatic N) is 2. The van der Waals surface area contributed by atoms with Gasteiger partial charge >= 0.3 is 11.7 Å². The van der Waals surface area contributed by atoms with Crippen molar-refractivity contribution >= 4 is 23.5 Å². The van der Waals surface area contributed by atoms with Crippen molar-refractivity contribution in [2.75, 3.05) is 11.9 Å². The Hall–Kier alpha value is -4.21. The van der Waals surface area contributed by atoms with Crippen LogP contribution in [0.3, 0.4) is 0 Å². The molecule has 0 aliphatic heterocycles. The fourth-order valence-corrected chi connectivity index (χ4v) is 2.32. The number of hydrogen-bond donors (Lipinski definition) is 4. The van der Waals surface area contributed by atoms with Gasteiger partial charge in [0, 0.05) is 11.3 Å². The molecule has 142 valence electrons. The fourth-order valence-electron chi connectivity index (χ4n) is 2.32. The van der Waals surface area contributed by atoms with Gasteiger partial charge in [-0.05, 0) is 36.4 Å². The van der Waals surface area contributed by atoms with Crippen LogP contribution in [-0.4, -0.2) is 44.2 Å². The summed E-state index contributed by atoms with van der Waals surface area (Å²) in [5.74, 6) is -2.50. The van der Waals surface area contributed by atoms with Gasteiger partial charge in [0.25, 0.3) is 11.8 Å². The first-order valence-corrected chi connectivity index (χ1v) is 8.10. The summed E-state index contributed by atoms with van der Waals surface area (Å²) in [5.41, 5.74) is 0.567. The molecule has 0 radical (unpaired) electrons. The Labute approximate surface area is 157 Å². The molecule has 3 rings (SSSR count). The van der Waals surface area contributed by atoms with Gasteiger partial charge in [-0.2, -0.15) is 4.68 Å². The minimum absolute atomic E-state index is 0.169. The van der Waals surface area contributed by atoms with Crippen LogP contribution in [0, 0.1) is 0 Å². The monoisotopic (exact) mass is 381 g/mol. The number of H-pyrrole nitrogens is 1. The predicted octanol–water partition coefficient (Wildman–Crippen LogP) is 0.627. The lowest BCUT2D eigenvalue weighted by molar-refractivity contribution is -0.135. The number of carbonyl (C=O) groups excluding carboxylic acids is 2. The highest BCUT2D eigenvalue weighted by Gasteiger charge is 2.15. The van der Waals surface area contributed by atoms with E-state index in [1.165, 1.54) is 24.3 Å². The van der Waals surface area contributed by atoms with Crippen molar-refractivity contribution in [3.63, 3.8) is 0 Å². The molecule has 2 aromatic carbocycles. The summed E-state index contributed by atoms with van der Waals surface area (Å²) in [6, 6.07) is 14.4. The number of carbonyl (C=O) groups is 3. The number of carboxylic acids is 1. The first-order valence-electron chi connectivity index (χ1n) is 8.10. The first kappa shape index (κ1) is 18.6. The van der Waals surface area contributed by atoms with E-state index in [1.807, 2.05) is 0 Å². The number of hydrogen-bond acceptors (Lipinski definition) is 5. The lowest BCUT2D eigenvalue weighted by atomic mass is 10.2. The van der Waals surface area contributed by atoms with Crippen molar-refractivity contribution in [3.05, 3.63) is 76.5 Å². The summed E-state index contributed by atoms with van der Waals surface area (Å²) in [6.07, 6.45) is 0. The van der Waals surface area contributed by atoms with E-state index >= 15 is 0 Å². The van der Waals surface area contributed by atoms with E-state index in [9.17, 15) is 19.2 Å². The van der Waals surface area contributed by atoms with Gasteiger partial charge in [-0.15, -0.1) is 5.10 Å². The highest BCUT2D eigenvalue weighted by atomic mass is 16.4. The summed E-state index contributed by atoms with van der Waals surface area (Å²) in [7, 11) is 0. The van der Waals surface area contributed by atoms with Crippen LogP contribution in [0.1, 0.15) is 21.0 Å². The van der Waals surface area contributed by atoms with Crippen molar-refractivity contribution in [2.45, 2.75) is 0 Å². The largest absolute Gasteiger partial charge is 0.480 e. The maximum atomic E-state index is 12.3. The number of rotatable bonds is 6. The summed E-state index contributed by atoms with van der Waals surface area (Å²) in [4.78, 5) is 48.9. The zero-order valence-electron chi connectivity index (χ0n) is 14.4. The smallest absolute Gasteiger partial charge is 0.348 e. The number of carboxylic acid groups (broad SMARTS) is 1. The number of amides is 2. The second kappa shape index (κ2) is 7.99. The summed E-state index contributed by atoms with van der Waals surface area (Å²) in [5, 5.41) is 17.3. The molecule has 28 heavy (non-hydrogen) atoms. The zero-order valence-corrected chi connectivity index (χ0v) is 14.4. The van der Waals surface area contributed by atoms with Crippen LogP contribution in [0.4, 0.5) is 5.69 Å². The fraction of sp³-hybridized carbons (Fsp3) is 0.0556. The van der Waals surface area contributed by atoms with Crippen LogP contribution >= 0.6 is 0 Å². The Balaban J connectivity index is 1.69. The molecular formula is C18H15N5O5. The van der Waals surface area contributed by atoms with Crippen molar-refractivity contribution < 1.29 is 19.5 Å². The van der Waals surface area contributed by atoms with Crippen LogP contribution in [0.15, 0.2) is 59.4 Å². The number of para-hydroxylation sites is 1. The van der Waals surface area contributed by atoms with E-state index < -0.39 is 30.0 Å². The molecule has 0 aliphatic rings. The molecule has 2 amide bonds. The molecule has 1 heterocycles. The molecule has 0 spiro atoms. The Kier molecular flexibility index (Phi) is 5.30. The molecule has 0 bridgehead atoms. The highest BCUT2D eigenvalue weighted by molar-refractivity contribution is 6.02. The molecule has 0 atom stereocenters. The second-order valence-electron chi connectivity index (χ2n) is 5.63. The topological polar surface area (TPSA) is 146 Å². The summed E-state index contributed by atoms with van der Waals surface area (Å²) in [6.45, 7) is -0.491. The number of anilines is 1. The van der Waals surface area contributed by atoms with Gasteiger partial charge < -0.3 is 15.7 Å². The molecule has 4 N–H and O–H groups in total. The van der Waals surface area contributed by atoms with Crippen molar-refractivity contribution in [1.82, 2.24) is 20.1 Å². The molecule has 0 unspecified atom stereocenters. The molecule has 0 saturated heterocycles. The molecule has 0 saturated carbocycles. The van der Waals surface area contributed by atoms with Gasteiger partial charge in [0.1, 0.15) is 6.54 Å². The van der Waals surface area contributed by atoms with Crippen LogP contribution in [0.2, 0.25) is 0 Å². The molecule has 3 aromatic rings. The van der Waals surface area contributed by atoms with Crippen molar-refractivity contribution in [3.8, 4) is 5.69 Å². The molecule has 0 aliphatic carbocycles. The van der Waals surface area contributed by atoms with Gasteiger partial charge in [-0.25, -0.2) is 4.79 Å². The third kappa shape index (κ3) is 4.30. The molecule has 10 nitrogen and oxygen atoms in total. The first-order chi connectivity index (χ1) is 13.4. The quantitative estimate of drug-likeness (QED) is 0.492. The maximum Gasteiger partial charge on any atom is 0.348 e. The number of aromatic amines is 1. The van der Waals surface area contributed by atoms with E-state index in [4.69, 9.17) is 5.11 Å². The van der Waals surface area contributed by atoms with E-state index in [-0.39, 0.29) is 11.4 Å². The van der Waals surface area contributed by atoms with E-state index in [0.29, 0.717) is 11.4 Å². The average Bonchev–Trinajstić information content (AvgIpc) is 3.09. The Morgan fingerprint density at radius 2 is 1.68 bits per heavy atom. The van der Waals surface area contributed by atoms with E-state index in [2.05, 4.69) is 20.7 Å². The molecule has 0 fully saturated rings. The van der Waals surface area contributed by atoms with Crippen molar-refractivity contribution in [1.29, 1.82) is 0 Å². The van der Waals surface area contributed by atoms with Crippen LogP contribution in [0.25, 0.3) is 5.69 Å². The summed E-state index contributed by atoms with van der Waals surface area (Å²) < 4.78 is 1.07. The van der Waals surface area contributed by atoms with E-state index in [0.717, 1.165) is 4.68 Å². The maximum absolute atomic E-state index is 12.3. The predicted molar refractivity (Wildman–Crippen MR) is 98.5 cm³/mol. The zero-order chi connectivity index (χ0) is 20.1. The third-order valence-electron chi connectivity index (χ3n) is 3.64. The minimum Gasteiger partial charge on any atom is -0.480 e. The van der Waals surface area contributed by atoms with Crippen LogP contribution in [-0.2, 0) is 4.79 Å². The molecular weight excluding hydrogens is 366 g/mol. The normalized spacial score (nSPS) is 10.3. The Morgan fingerprint density at radius 3 is 2.32 bits per heavy atom. The minimum atomic E-state index is -1.15.